The second kappa shape index (κ2) is 6.72. The molecule has 2 aromatic rings. The molecule has 5 heteroatoms. The predicted molar refractivity (Wildman–Crippen MR) is 87.6 cm³/mol. The quantitative estimate of drug-likeness (QED) is 0.589. The number of halogens is 2. The minimum Gasteiger partial charge on any atom is -0.506 e. The van der Waals surface area contributed by atoms with Crippen LogP contribution >= 0.6 is 31.9 Å². The molecule has 0 aliphatic rings. The van der Waals surface area contributed by atoms with Crippen LogP contribution in [0.5, 0.6) is 5.75 Å². The van der Waals surface area contributed by atoms with E-state index in [1.807, 2.05) is 30.3 Å². The second-order valence-corrected chi connectivity index (χ2v) is 5.73. The third-order valence-electron chi connectivity index (χ3n) is 2.51. The minimum atomic E-state index is -0.238. The molecule has 2 rings (SSSR count). The van der Waals surface area contributed by atoms with Crippen LogP contribution in [0.3, 0.4) is 0 Å². The number of benzene rings is 2. The Balaban J connectivity index is 2.07. The smallest absolute Gasteiger partial charge is 0.248 e. The topological polar surface area (TPSA) is 49.3 Å². The molecule has 0 spiro atoms. The van der Waals surface area contributed by atoms with Crippen molar-refractivity contribution in [3.05, 3.63) is 63.0 Å². The van der Waals surface area contributed by atoms with E-state index in [-0.39, 0.29) is 11.7 Å². The van der Waals surface area contributed by atoms with Crippen molar-refractivity contribution in [1.29, 1.82) is 0 Å². The molecule has 0 unspecified atom stereocenters. The zero-order chi connectivity index (χ0) is 14.5. The summed E-state index contributed by atoms with van der Waals surface area (Å²) in [6.07, 6.45) is 3.20. The van der Waals surface area contributed by atoms with E-state index in [4.69, 9.17) is 0 Å². The van der Waals surface area contributed by atoms with Crippen LogP contribution in [0.1, 0.15) is 5.56 Å². The number of aromatic hydroxyl groups is 1. The van der Waals surface area contributed by atoms with Crippen molar-refractivity contribution in [2.45, 2.75) is 0 Å². The maximum absolute atomic E-state index is 11.8. The largest absolute Gasteiger partial charge is 0.506 e. The monoisotopic (exact) mass is 395 g/mol. The van der Waals surface area contributed by atoms with Crippen molar-refractivity contribution in [1.82, 2.24) is 0 Å². The molecule has 2 N–H and O–H groups in total. The first kappa shape index (κ1) is 14.8. The number of phenolic OH excluding ortho intramolecular Hbond substituents is 1. The van der Waals surface area contributed by atoms with E-state index >= 15 is 0 Å². The van der Waals surface area contributed by atoms with E-state index in [0.29, 0.717) is 14.6 Å². The molecule has 0 bridgehead atoms. The Morgan fingerprint density at radius 1 is 1.10 bits per heavy atom. The first-order chi connectivity index (χ1) is 9.56. The van der Waals surface area contributed by atoms with Gasteiger partial charge in [-0.05, 0) is 55.6 Å². The zero-order valence-electron chi connectivity index (χ0n) is 10.3. The van der Waals surface area contributed by atoms with Gasteiger partial charge >= 0.3 is 0 Å². The third-order valence-corrected chi connectivity index (χ3v) is 3.72. The highest BCUT2D eigenvalue weighted by Crippen LogP contribution is 2.35. The lowest BCUT2D eigenvalue weighted by Crippen LogP contribution is -2.07. The van der Waals surface area contributed by atoms with Crippen molar-refractivity contribution >= 4 is 49.5 Å². The highest BCUT2D eigenvalue weighted by Gasteiger charge is 2.07. The fourth-order valence-electron chi connectivity index (χ4n) is 1.56. The van der Waals surface area contributed by atoms with Gasteiger partial charge in [-0.3, -0.25) is 4.79 Å². The number of carbonyl (C=O) groups is 1. The molecular formula is C15H11Br2NO2. The number of hydrogen-bond donors (Lipinski definition) is 2. The van der Waals surface area contributed by atoms with Gasteiger partial charge in [-0.25, -0.2) is 0 Å². The van der Waals surface area contributed by atoms with Crippen molar-refractivity contribution < 1.29 is 9.90 Å². The maximum Gasteiger partial charge on any atom is 0.248 e. The van der Waals surface area contributed by atoms with Gasteiger partial charge in [-0.2, -0.15) is 0 Å². The molecule has 0 atom stereocenters. The normalized spacial score (nSPS) is 10.7. The summed E-state index contributed by atoms with van der Waals surface area (Å²) >= 11 is 6.43. The lowest BCUT2D eigenvalue weighted by atomic mass is 10.2. The van der Waals surface area contributed by atoms with E-state index in [2.05, 4.69) is 37.2 Å². The summed E-state index contributed by atoms with van der Waals surface area (Å²) in [6, 6.07) is 12.8. The van der Waals surface area contributed by atoms with Crippen LogP contribution in [0.15, 0.2) is 57.5 Å². The fourth-order valence-corrected chi connectivity index (χ4v) is 2.74. The highest BCUT2D eigenvalue weighted by atomic mass is 79.9. The summed E-state index contributed by atoms with van der Waals surface area (Å²) in [6.45, 7) is 0. The maximum atomic E-state index is 11.8. The molecule has 0 heterocycles. The Kier molecular flexibility index (Phi) is 4.98. The Hall–Kier alpha value is -1.59. The molecule has 2 aromatic carbocycles. The number of nitrogens with one attached hydrogen (secondary N) is 1. The predicted octanol–water partition coefficient (Wildman–Crippen LogP) is 4.57. The number of carbonyl (C=O) groups excluding carboxylic acids is 1. The molecule has 20 heavy (non-hydrogen) atoms. The number of hydrogen-bond acceptors (Lipinski definition) is 2. The molecule has 0 saturated carbocycles. The van der Waals surface area contributed by atoms with Crippen LogP contribution in [-0.4, -0.2) is 11.0 Å². The van der Waals surface area contributed by atoms with Crippen molar-refractivity contribution in [2.75, 3.05) is 5.32 Å². The number of rotatable bonds is 3. The van der Waals surface area contributed by atoms with E-state index in [1.165, 1.54) is 6.08 Å². The summed E-state index contributed by atoms with van der Waals surface area (Å²) in [5.74, 6) is -0.138. The van der Waals surface area contributed by atoms with Gasteiger partial charge < -0.3 is 10.4 Å². The molecule has 0 radical (unpaired) electrons. The molecular weight excluding hydrogens is 386 g/mol. The molecule has 0 aliphatic carbocycles. The van der Waals surface area contributed by atoms with Gasteiger partial charge in [0, 0.05) is 11.8 Å². The SMILES string of the molecule is O=C(/C=C/c1ccccc1)Nc1cc(Br)c(O)c(Br)c1. The van der Waals surface area contributed by atoms with Gasteiger partial charge in [0.05, 0.1) is 8.95 Å². The lowest BCUT2D eigenvalue weighted by molar-refractivity contribution is -0.111. The van der Waals surface area contributed by atoms with Gasteiger partial charge in [0.25, 0.3) is 0 Å². The van der Waals surface area contributed by atoms with Gasteiger partial charge in [-0.15, -0.1) is 0 Å². The highest BCUT2D eigenvalue weighted by molar-refractivity contribution is 9.11. The van der Waals surface area contributed by atoms with Gasteiger partial charge in [0.15, 0.2) is 0 Å². The van der Waals surface area contributed by atoms with Crippen LogP contribution < -0.4 is 5.32 Å². The summed E-state index contributed by atoms with van der Waals surface area (Å²) in [7, 11) is 0. The first-order valence-electron chi connectivity index (χ1n) is 5.78. The Labute approximate surface area is 133 Å². The fraction of sp³-hybridized carbons (Fsp3) is 0. The summed E-state index contributed by atoms with van der Waals surface area (Å²) in [5, 5.41) is 12.3. The average Bonchev–Trinajstić information content (AvgIpc) is 2.43. The lowest BCUT2D eigenvalue weighted by Gasteiger charge is -2.06. The minimum absolute atomic E-state index is 0.0998. The molecule has 0 aliphatic heterocycles. The standard InChI is InChI=1S/C15H11Br2NO2/c16-12-8-11(9-13(17)15(12)20)18-14(19)7-6-10-4-2-1-3-5-10/h1-9,20H,(H,18,19)/b7-6+. The van der Waals surface area contributed by atoms with E-state index < -0.39 is 0 Å². The second-order valence-electron chi connectivity index (χ2n) is 4.02. The summed E-state index contributed by atoms with van der Waals surface area (Å²) in [5.41, 5.74) is 1.54. The van der Waals surface area contributed by atoms with Crippen molar-refractivity contribution in [2.24, 2.45) is 0 Å². The summed E-state index contributed by atoms with van der Waals surface area (Å²) < 4.78 is 1.02. The van der Waals surface area contributed by atoms with E-state index in [0.717, 1.165) is 5.56 Å². The number of amides is 1. The average molecular weight is 397 g/mol. The molecule has 1 amide bonds. The van der Waals surface area contributed by atoms with Gasteiger partial charge in [-0.1, -0.05) is 30.3 Å². The van der Waals surface area contributed by atoms with Crippen LogP contribution in [-0.2, 0) is 4.79 Å². The van der Waals surface area contributed by atoms with Crippen LogP contribution in [0.2, 0.25) is 0 Å². The van der Waals surface area contributed by atoms with Crippen LogP contribution in [0.4, 0.5) is 5.69 Å². The number of anilines is 1. The zero-order valence-corrected chi connectivity index (χ0v) is 13.5. The molecule has 0 fully saturated rings. The molecule has 0 saturated heterocycles. The Morgan fingerprint density at radius 3 is 2.30 bits per heavy atom. The van der Waals surface area contributed by atoms with Gasteiger partial charge in [0.1, 0.15) is 5.75 Å². The third kappa shape index (κ3) is 3.95. The Bertz CT molecular complexity index is 631. The Morgan fingerprint density at radius 2 is 1.70 bits per heavy atom. The van der Waals surface area contributed by atoms with E-state index in [9.17, 15) is 9.90 Å². The summed E-state index contributed by atoms with van der Waals surface area (Å²) in [4.78, 5) is 11.8. The molecule has 0 aromatic heterocycles. The van der Waals surface area contributed by atoms with Crippen LogP contribution in [0.25, 0.3) is 6.08 Å². The molecule has 3 nitrogen and oxygen atoms in total. The number of phenols is 1. The van der Waals surface area contributed by atoms with Crippen molar-refractivity contribution in [3.63, 3.8) is 0 Å². The first-order valence-corrected chi connectivity index (χ1v) is 7.37. The van der Waals surface area contributed by atoms with E-state index in [1.54, 1.807) is 18.2 Å². The van der Waals surface area contributed by atoms with Gasteiger partial charge in [0.2, 0.25) is 5.91 Å². The molecule has 102 valence electrons. The van der Waals surface area contributed by atoms with Crippen LogP contribution in [0, 0.1) is 0 Å². The van der Waals surface area contributed by atoms with Crippen molar-refractivity contribution in [3.8, 4) is 5.75 Å².